The average Bonchev–Trinajstić information content (AvgIpc) is 3.18. The number of carbonyl (C=O) groups is 1. The van der Waals surface area contributed by atoms with E-state index >= 15 is 0 Å². The molecule has 0 aliphatic carbocycles. The van der Waals surface area contributed by atoms with E-state index in [9.17, 15) is 4.79 Å². The van der Waals surface area contributed by atoms with Crippen molar-refractivity contribution >= 4 is 16.9 Å². The molecular weight excluding hydrogens is 446 g/mol. The van der Waals surface area contributed by atoms with Crippen LogP contribution in [-0.2, 0) is 22.5 Å². The van der Waals surface area contributed by atoms with Gasteiger partial charge in [0, 0.05) is 23.1 Å². The maximum atomic E-state index is 11.4. The molecule has 0 atom stereocenters. The van der Waals surface area contributed by atoms with Gasteiger partial charge in [0.15, 0.2) is 6.61 Å². The number of carbonyl (C=O) groups excluding carboxylic acids is 1. The Morgan fingerprint density at radius 3 is 2.08 bits per heavy atom. The van der Waals surface area contributed by atoms with Gasteiger partial charge in [-0.1, -0.05) is 78.9 Å². The Hall–Kier alpha value is -4.31. The fourth-order valence-electron chi connectivity index (χ4n) is 4.67. The predicted molar refractivity (Wildman–Crippen MR) is 144 cm³/mol. The molecule has 4 nitrogen and oxygen atoms in total. The molecule has 0 saturated heterocycles. The van der Waals surface area contributed by atoms with Gasteiger partial charge in [0.1, 0.15) is 5.75 Å². The number of ether oxygens (including phenoxy) is 2. The molecule has 0 aliphatic rings. The van der Waals surface area contributed by atoms with Gasteiger partial charge in [0.25, 0.3) is 0 Å². The molecular formula is C32H29NO3. The molecule has 5 aromatic rings. The summed E-state index contributed by atoms with van der Waals surface area (Å²) in [4.78, 5) is 11.4. The molecule has 0 aliphatic heterocycles. The van der Waals surface area contributed by atoms with Crippen LogP contribution in [0, 0.1) is 6.92 Å². The standard InChI is InChI=1S/C32H29NO3/c1-23-29(19-24-9-5-3-6-10-24)30-20-27(26-13-16-28(17-14-26)36-22-32(34)35-2)15-18-31(30)33(23)21-25-11-7-4-8-12-25/h3-18,20H,19,21-22H2,1-2H3. The minimum Gasteiger partial charge on any atom is -0.482 e. The van der Waals surface area contributed by atoms with Gasteiger partial charge in [-0.15, -0.1) is 0 Å². The Bertz CT molecular complexity index is 1470. The van der Waals surface area contributed by atoms with E-state index in [2.05, 4.69) is 95.1 Å². The van der Waals surface area contributed by atoms with E-state index in [-0.39, 0.29) is 6.61 Å². The maximum Gasteiger partial charge on any atom is 0.343 e. The summed E-state index contributed by atoms with van der Waals surface area (Å²) in [6.45, 7) is 2.97. The van der Waals surface area contributed by atoms with Crippen molar-refractivity contribution in [2.75, 3.05) is 13.7 Å². The van der Waals surface area contributed by atoms with Gasteiger partial charge >= 0.3 is 5.97 Å². The van der Waals surface area contributed by atoms with Crippen molar-refractivity contribution < 1.29 is 14.3 Å². The van der Waals surface area contributed by atoms with Crippen LogP contribution in [0.2, 0.25) is 0 Å². The Labute approximate surface area is 211 Å². The fourth-order valence-corrected chi connectivity index (χ4v) is 4.67. The van der Waals surface area contributed by atoms with Crippen molar-refractivity contribution in [1.82, 2.24) is 4.57 Å². The predicted octanol–water partition coefficient (Wildman–Crippen LogP) is 6.81. The first kappa shape index (κ1) is 23.4. The second kappa shape index (κ2) is 10.5. The number of benzene rings is 4. The number of hydrogen-bond donors (Lipinski definition) is 0. The van der Waals surface area contributed by atoms with E-state index in [1.54, 1.807) is 0 Å². The molecule has 0 saturated carbocycles. The van der Waals surface area contributed by atoms with Gasteiger partial charge in [0.2, 0.25) is 0 Å². The van der Waals surface area contributed by atoms with Crippen LogP contribution in [0.25, 0.3) is 22.0 Å². The summed E-state index contributed by atoms with van der Waals surface area (Å²) in [6.07, 6.45) is 0.884. The van der Waals surface area contributed by atoms with Gasteiger partial charge in [-0.05, 0) is 65.4 Å². The Morgan fingerprint density at radius 1 is 0.778 bits per heavy atom. The van der Waals surface area contributed by atoms with Crippen molar-refractivity contribution in [2.45, 2.75) is 19.9 Å². The van der Waals surface area contributed by atoms with Crippen LogP contribution in [0.1, 0.15) is 22.4 Å². The van der Waals surface area contributed by atoms with E-state index in [4.69, 9.17) is 4.74 Å². The first-order chi connectivity index (χ1) is 17.6. The summed E-state index contributed by atoms with van der Waals surface area (Å²) in [6, 6.07) is 35.8. The number of esters is 1. The number of aromatic nitrogens is 1. The maximum absolute atomic E-state index is 11.4. The highest BCUT2D eigenvalue weighted by molar-refractivity contribution is 5.90. The van der Waals surface area contributed by atoms with Gasteiger partial charge < -0.3 is 14.0 Å². The summed E-state index contributed by atoms with van der Waals surface area (Å²) in [5.74, 6) is 0.241. The smallest absolute Gasteiger partial charge is 0.343 e. The lowest BCUT2D eigenvalue weighted by Gasteiger charge is -2.10. The highest BCUT2D eigenvalue weighted by Gasteiger charge is 2.16. The monoisotopic (exact) mass is 475 g/mol. The molecule has 1 aromatic heterocycles. The number of methoxy groups -OCH3 is 1. The zero-order valence-corrected chi connectivity index (χ0v) is 20.6. The van der Waals surface area contributed by atoms with E-state index in [0.717, 1.165) is 24.1 Å². The van der Waals surface area contributed by atoms with Crippen LogP contribution < -0.4 is 4.74 Å². The Balaban J connectivity index is 1.53. The quantitative estimate of drug-likeness (QED) is 0.232. The first-order valence-electron chi connectivity index (χ1n) is 12.1. The van der Waals surface area contributed by atoms with Crippen LogP contribution >= 0.6 is 0 Å². The SMILES string of the molecule is COC(=O)COc1ccc(-c2ccc3c(c2)c(Cc2ccccc2)c(C)n3Cc2ccccc2)cc1. The zero-order chi connectivity index (χ0) is 24.9. The van der Waals surface area contributed by atoms with Crippen LogP contribution in [0.15, 0.2) is 103 Å². The third-order valence-corrected chi connectivity index (χ3v) is 6.63. The number of hydrogen-bond acceptors (Lipinski definition) is 3. The third kappa shape index (κ3) is 5.03. The van der Waals surface area contributed by atoms with Crippen LogP contribution in [0.4, 0.5) is 0 Å². The van der Waals surface area contributed by atoms with Crippen LogP contribution in [0.3, 0.4) is 0 Å². The second-order valence-electron chi connectivity index (χ2n) is 8.92. The number of nitrogens with zero attached hydrogens (tertiary/aromatic N) is 1. The van der Waals surface area contributed by atoms with E-state index < -0.39 is 5.97 Å². The molecule has 0 unspecified atom stereocenters. The molecule has 1 heterocycles. The van der Waals surface area contributed by atoms with E-state index in [1.807, 2.05) is 24.3 Å². The number of fused-ring (bicyclic) bond motifs is 1. The zero-order valence-electron chi connectivity index (χ0n) is 20.6. The molecule has 5 rings (SSSR count). The minimum atomic E-state index is -0.397. The van der Waals surface area contributed by atoms with E-state index in [1.165, 1.54) is 40.4 Å². The molecule has 0 N–H and O–H groups in total. The summed E-state index contributed by atoms with van der Waals surface area (Å²) in [5.41, 5.74) is 8.72. The molecule has 4 heteroatoms. The van der Waals surface area contributed by atoms with Crippen molar-refractivity contribution in [3.8, 4) is 16.9 Å². The number of rotatable bonds is 8. The van der Waals surface area contributed by atoms with Crippen molar-refractivity contribution in [2.24, 2.45) is 0 Å². The molecule has 0 bridgehead atoms. The second-order valence-corrected chi connectivity index (χ2v) is 8.92. The minimum absolute atomic E-state index is 0.0984. The topological polar surface area (TPSA) is 40.5 Å². The lowest BCUT2D eigenvalue weighted by atomic mass is 9.98. The van der Waals surface area contributed by atoms with Gasteiger partial charge in [0.05, 0.1) is 7.11 Å². The average molecular weight is 476 g/mol. The van der Waals surface area contributed by atoms with Crippen molar-refractivity contribution in [1.29, 1.82) is 0 Å². The summed E-state index contributed by atoms with van der Waals surface area (Å²) in [5, 5.41) is 1.27. The van der Waals surface area contributed by atoms with Gasteiger partial charge in [-0.2, -0.15) is 0 Å². The van der Waals surface area contributed by atoms with Gasteiger partial charge in [-0.3, -0.25) is 0 Å². The first-order valence-corrected chi connectivity index (χ1v) is 12.1. The summed E-state index contributed by atoms with van der Waals surface area (Å²) >= 11 is 0. The fraction of sp³-hybridized carbons (Fsp3) is 0.156. The molecule has 0 fully saturated rings. The van der Waals surface area contributed by atoms with Crippen LogP contribution in [0.5, 0.6) is 5.75 Å². The van der Waals surface area contributed by atoms with Crippen LogP contribution in [-0.4, -0.2) is 24.3 Å². The largest absolute Gasteiger partial charge is 0.482 e. The lowest BCUT2D eigenvalue weighted by Crippen LogP contribution is -2.12. The highest BCUT2D eigenvalue weighted by Crippen LogP contribution is 2.33. The third-order valence-electron chi connectivity index (χ3n) is 6.63. The summed E-state index contributed by atoms with van der Waals surface area (Å²) in [7, 11) is 1.35. The lowest BCUT2D eigenvalue weighted by molar-refractivity contribution is -0.142. The van der Waals surface area contributed by atoms with Crippen molar-refractivity contribution in [3.63, 3.8) is 0 Å². The molecule has 0 radical (unpaired) electrons. The Morgan fingerprint density at radius 2 is 1.42 bits per heavy atom. The normalized spacial score (nSPS) is 10.9. The molecule has 180 valence electrons. The molecule has 4 aromatic carbocycles. The molecule has 0 amide bonds. The molecule has 0 spiro atoms. The van der Waals surface area contributed by atoms with Crippen molar-refractivity contribution in [3.05, 3.63) is 126 Å². The van der Waals surface area contributed by atoms with Gasteiger partial charge in [-0.25, -0.2) is 4.79 Å². The van der Waals surface area contributed by atoms with E-state index in [0.29, 0.717) is 5.75 Å². The summed E-state index contributed by atoms with van der Waals surface area (Å²) < 4.78 is 12.6. The molecule has 36 heavy (non-hydrogen) atoms. The highest BCUT2D eigenvalue weighted by atomic mass is 16.6. The Kier molecular flexibility index (Phi) is 6.85.